The quantitative estimate of drug-likeness (QED) is 0.752. The number of rotatable bonds is 2. The first-order valence-electron chi connectivity index (χ1n) is 4.08. The van der Waals surface area contributed by atoms with E-state index in [0.717, 1.165) is 6.07 Å². The summed E-state index contributed by atoms with van der Waals surface area (Å²) < 4.78 is 37.4. The Labute approximate surface area is 84.5 Å². The highest BCUT2D eigenvalue weighted by molar-refractivity contribution is 6.00. The van der Waals surface area contributed by atoms with Gasteiger partial charge >= 0.3 is 6.18 Å². The molecule has 0 amide bonds. The SMILES string of the molecule is N#CCC(=N)c1ccccc1C(F)(F)F. The summed E-state index contributed by atoms with van der Waals surface area (Å²) in [5.74, 6) is 0. The molecule has 2 nitrogen and oxygen atoms in total. The largest absolute Gasteiger partial charge is 0.417 e. The zero-order valence-electron chi connectivity index (χ0n) is 7.60. The summed E-state index contributed by atoms with van der Waals surface area (Å²) in [5.41, 5.74) is -1.41. The van der Waals surface area contributed by atoms with Crippen molar-refractivity contribution in [2.75, 3.05) is 0 Å². The molecule has 0 fully saturated rings. The molecule has 0 spiro atoms. The molecule has 78 valence electrons. The van der Waals surface area contributed by atoms with Crippen molar-refractivity contribution in [2.24, 2.45) is 0 Å². The molecule has 0 saturated heterocycles. The average Bonchev–Trinajstić information content (AvgIpc) is 2.17. The van der Waals surface area contributed by atoms with Crippen molar-refractivity contribution in [3.63, 3.8) is 0 Å². The number of halogens is 3. The van der Waals surface area contributed by atoms with E-state index in [-0.39, 0.29) is 17.7 Å². The number of nitriles is 1. The molecule has 1 aromatic carbocycles. The number of hydrogen-bond acceptors (Lipinski definition) is 2. The van der Waals surface area contributed by atoms with E-state index in [0.29, 0.717) is 0 Å². The Balaban J connectivity index is 3.20. The molecule has 0 aliphatic rings. The smallest absolute Gasteiger partial charge is 0.304 e. The summed E-state index contributed by atoms with van der Waals surface area (Å²) in [6.07, 6.45) is -4.81. The molecule has 0 aromatic heterocycles. The van der Waals surface area contributed by atoms with E-state index in [2.05, 4.69) is 0 Å². The Morgan fingerprint density at radius 1 is 1.33 bits per heavy atom. The van der Waals surface area contributed by atoms with Gasteiger partial charge in [0.05, 0.1) is 23.8 Å². The zero-order chi connectivity index (χ0) is 11.5. The highest BCUT2D eigenvalue weighted by atomic mass is 19.4. The fraction of sp³-hybridized carbons (Fsp3) is 0.200. The topological polar surface area (TPSA) is 47.6 Å². The molecule has 1 rings (SSSR count). The predicted octanol–water partition coefficient (Wildman–Crippen LogP) is 2.99. The molecule has 5 heteroatoms. The molecule has 0 aliphatic heterocycles. The van der Waals surface area contributed by atoms with Gasteiger partial charge in [0, 0.05) is 5.56 Å². The lowest BCUT2D eigenvalue weighted by Crippen LogP contribution is -2.12. The van der Waals surface area contributed by atoms with E-state index in [1.807, 2.05) is 0 Å². The van der Waals surface area contributed by atoms with Crippen molar-refractivity contribution in [2.45, 2.75) is 12.6 Å². The highest BCUT2D eigenvalue weighted by Gasteiger charge is 2.33. The molecule has 1 aromatic rings. The van der Waals surface area contributed by atoms with Crippen LogP contribution in [0, 0.1) is 16.7 Å². The van der Waals surface area contributed by atoms with Crippen LogP contribution in [-0.2, 0) is 6.18 Å². The molecule has 0 bridgehead atoms. The van der Waals surface area contributed by atoms with Crippen LogP contribution < -0.4 is 0 Å². The van der Waals surface area contributed by atoms with Gasteiger partial charge in [-0.15, -0.1) is 0 Å². The molecular weight excluding hydrogens is 205 g/mol. The second-order valence-electron chi connectivity index (χ2n) is 2.86. The molecule has 15 heavy (non-hydrogen) atoms. The van der Waals surface area contributed by atoms with Gasteiger partial charge in [0.1, 0.15) is 0 Å². The Morgan fingerprint density at radius 2 is 1.93 bits per heavy atom. The highest BCUT2D eigenvalue weighted by Crippen LogP contribution is 2.32. The first kappa shape index (κ1) is 11.2. The number of benzene rings is 1. The molecule has 1 N–H and O–H groups in total. The lowest BCUT2D eigenvalue weighted by atomic mass is 10.0. The third kappa shape index (κ3) is 2.56. The van der Waals surface area contributed by atoms with Crippen LogP contribution in [-0.4, -0.2) is 5.71 Å². The molecule has 0 heterocycles. The van der Waals surface area contributed by atoms with Crippen LogP contribution in [0.2, 0.25) is 0 Å². The Hall–Kier alpha value is -1.83. The number of nitrogens with zero attached hydrogens (tertiary/aromatic N) is 1. The maximum atomic E-state index is 12.5. The van der Waals surface area contributed by atoms with Gasteiger partial charge in [0.2, 0.25) is 0 Å². The Kier molecular flexibility index (Phi) is 3.10. The standard InChI is InChI=1S/C10H7F3N2/c11-10(12,13)8-4-2-1-3-7(8)9(15)5-6-14/h1-4,15H,5H2. The van der Waals surface area contributed by atoms with Crippen LogP contribution in [0.1, 0.15) is 17.5 Å². The molecule has 0 radical (unpaired) electrons. The Bertz CT molecular complexity index is 415. The van der Waals surface area contributed by atoms with Gasteiger partial charge in [-0.2, -0.15) is 18.4 Å². The van der Waals surface area contributed by atoms with Crippen molar-refractivity contribution in [1.29, 1.82) is 10.7 Å². The van der Waals surface area contributed by atoms with Crippen molar-refractivity contribution in [3.8, 4) is 6.07 Å². The van der Waals surface area contributed by atoms with Crippen molar-refractivity contribution in [1.82, 2.24) is 0 Å². The number of hydrogen-bond donors (Lipinski definition) is 1. The summed E-state index contributed by atoms with van der Waals surface area (Å²) in [5, 5.41) is 15.6. The molecule has 0 unspecified atom stereocenters. The minimum absolute atomic E-state index is 0.230. The van der Waals surface area contributed by atoms with E-state index in [1.165, 1.54) is 18.2 Å². The summed E-state index contributed by atoms with van der Waals surface area (Å²) in [6.45, 7) is 0. The van der Waals surface area contributed by atoms with Crippen LogP contribution in [0.3, 0.4) is 0 Å². The normalized spacial score (nSPS) is 10.8. The van der Waals surface area contributed by atoms with Gasteiger partial charge in [0.25, 0.3) is 0 Å². The average molecular weight is 212 g/mol. The fourth-order valence-electron chi connectivity index (χ4n) is 1.17. The van der Waals surface area contributed by atoms with Crippen molar-refractivity contribution >= 4 is 5.71 Å². The zero-order valence-corrected chi connectivity index (χ0v) is 7.60. The van der Waals surface area contributed by atoms with Crippen LogP contribution in [0.15, 0.2) is 24.3 Å². The first-order chi connectivity index (χ1) is 6.96. The number of alkyl halides is 3. The van der Waals surface area contributed by atoms with Crippen LogP contribution in [0.5, 0.6) is 0 Å². The van der Waals surface area contributed by atoms with Gasteiger partial charge in [-0.05, 0) is 6.07 Å². The maximum absolute atomic E-state index is 12.5. The van der Waals surface area contributed by atoms with Crippen LogP contribution in [0.4, 0.5) is 13.2 Å². The van der Waals surface area contributed by atoms with Gasteiger partial charge < -0.3 is 5.41 Å². The summed E-state index contributed by atoms with van der Waals surface area (Å²) in [7, 11) is 0. The van der Waals surface area contributed by atoms with Gasteiger partial charge in [-0.3, -0.25) is 0 Å². The second kappa shape index (κ2) is 4.13. The molecule has 0 aliphatic carbocycles. The predicted molar refractivity (Wildman–Crippen MR) is 48.5 cm³/mol. The van der Waals surface area contributed by atoms with Gasteiger partial charge in [-0.1, -0.05) is 18.2 Å². The lowest BCUT2D eigenvalue weighted by molar-refractivity contribution is -0.137. The van der Waals surface area contributed by atoms with Crippen molar-refractivity contribution in [3.05, 3.63) is 35.4 Å². The van der Waals surface area contributed by atoms with Crippen LogP contribution >= 0.6 is 0 Å². The molecular formula is C10H7F3N2. The maximum Gasteiger partial charge on any atom is 0.417 e. The third-order valence-corrected chi connectivity index (χ3v) is 1.81. The van der Waals surface area contributed by atoms with Gasteiger partial charge in [-0.25, -0.2) is 0 Å². The number of nitrogens with one attached hydrogen (secondary N) is 1. The summed E-state index contributed by atoms with van der Waals surface area (Å²) >= 11 is 0. The fourth-order valence-corrected chi connectivity index (χ4v) is 1.17. The van der Waals surface area contributed by atoms with E-state index in [4.69, 9.17) is 10.7 Å². The first-order valence-corrected chi connectivity index (χ1v) is 4.08. The lowest BCUT2D eigenvalue weighted by Gasteiger charge is -2.11. The summed E-state index contributed by atoms with van der Waals surface area (Å²) in [4.78, 5) is 0. The van der Waals surface area contributed by atoms with Crippen LogP contribution in [0.25, 0.3) is 0 Å². The minimum Gasteiger partial charge on any atom is -0.304 e. The summed E-state index contributed by atoms with van der Waals surface area (Å²) in [6, 6.07) is 6.42. The Morgan fingerprint density at radius 3 is 2.47 bits per heavy atom. The van der Waals surface area contributed by atoms with E-state index < -0.39 is 11.7 Å². The van der Waals surface area contributed by atoms with E-state index >= 15 is 0 Å². The second-order valence-corrected chi connectivity index (χ2v) is 2.86. The minimum atomic E-state index is -4.49. The van der Waals surface area contributed by atoms with Crippen molar-refractivity contribution < 1.29 is 13.2 Å². The monoisotopic (exact) mass is 212 g/mol. The molecule has 0 saturated carbocycles. The molecule has 0 atom stereocenters. The van der Waals surface area contributed by atoms with Gasteiger partial charge in [0.15, 0.2) is 0 Å². The van der Waals surface area contributed by atoms with E-state index in [9.17, 15) is 13.2 Å². The third-order valence-electron chi connectivity index (χ3n) is 1.81. The van der Waals surface area contributed by atoms with E-state index in [1.54, 1.807) is 6.07 Å².